The highest BCUT2D eigenvalue weighted by molar-refractivity contribution is 5.91. The molecule has 5 N–H and O–H groups in total. The lowest BCUT2D eigenvalue weighted by Gasteiger charge is -2.08. The van der Waals surface area contributed by atoms with Crippen molar-refractivity contribution >= 4 is 23.1 Å². The van der Waals surface area contributed by atoms with Crippen LogP contribution in [-0.4, -0.2) is 53.2 Å². The molecule has 0 bridgehead atoms. The van der Waals surface area contributed by atoms with E-state index < -0.39 is 0 Å². The van der Waals surface area contributed by atoms with Crippen LogP contribution in [0.1, 0.15) is 45.1 Å². The van der Waals surface area contributed by atoms with Crippen molar-refractivity contribution in [3.63, 3.8) is 0 Å². The van der Waals surface area contributed by atoms with Crippen LogP contribution >= 0.6 is 0 Å². The predicted molar refractivity (Wildman–Crippen MR) is 158 cm³/mol. The zero-order valence-corrected chi connectivity index (χ0v) is 23.2. The van der Waals surface area contributed by atoms with Crippen LogP contribution in [0.2, 0.25) is 0 Å². The van der Waals surface area contributed by atoms with Gasteiger partial charge in [0.05, 0.1) is 5.39 Å². The van der Waals surface area contributed by atoms with Crippen LogP contribution in [0.3, 0.4) is 0 Å². The van der Waals surface area contributed by atoms with Crippen molar-refractivity contribution in [2.24, 2.45) is 0 Å². The van der Waals surface area contributed by atoms with Crippen LogP contribution < -0.4 is 20.9 Å². The summed E-state index contributed by atoms with van der Waals surface area (Å²) in [6, 6.07) is 20.4. The molecule has 0 atom stereocenters. The number of nitrogens with one attached hydrogen (secondary N) is 4. The second-order valence-corrected chi connectivity index (χ2v) is 8.37. The van der Waals surface area contributed by atoms with Gasteiger partial charge in [0.2, 0.25) is 0 Å². The number of carbonyl (C=O) groups is 1. The van der Waals surface area contributed by atoms with Gasteiger partial charge in [-0.3, -0.25) is 0 Å². The van der Waals surface area contributed by atoms with E-state index in [0.29, 0.717) is 19.6 Å². The molecule has 0 aliphatic heterocycles. The molecular weight excluding hydrogens is 492 g/mol. The summed E-state index contributed by atoms with van der Waals surface area (Å²) < 4.78 is 5.84. The van der Waals surface area contributed by atoms with Gasteiger partial charge in [-0.25, -0.2) is 15.4 Å². The normalized spacial score (nSPS) is 10.2. The third-order valence-corrected chi connectivity index (χ3v) is 5.62. The zero-order chi connectivity index (χ0) is 28.1. The Bertz CT molecular complexity index is 1180. The summed E-state index contributed by atoms with van der Waals surface area (Å²) in [6.45, 7) is 7.07. The van der Waals surface area contributed by atoms with Crippen molar-refractivity contribution in [3.8, 4) is 17.0 Å². The van der Waals surface area contributed by atoms with Gasteiger partial charge in [0.1, 0.15) is 36.4 Å². The second kappa shape index (κ2) is 19.3. The maximum absolute atomic E-state index is 10.3. The monoisotopic (exact) mass is 534 g/mol. The fourth-order valence-electron chi connectivity index (χ4n) is 3.77. The zero-order valence-electron chi connectivity index (χ0n) is 23.2. The topological polar surface area (TPSA) is 124 Å². The first-order valence-electron chi connectivity index (χ1n) is 13.5. The van der Waals surface area contributed by atoms with Crippen LogP contribution in [0, 0.1) is 0 Å². The van der Waals surface area contributed by atoms with E-state index in [4.69, 9.17) is 9.94 Å². The number of rotatable bonds is 14. The standard InChI is InChI=1S/C27H31N5O2.C2H6.CH5NO/c33-16-7-2-1-6-14-28-15-17-34-23-12-10-22(11-13-23)25-18-24-26(30-20-31-27(24)32-25)29-19-21-8-4-3-5-9-21;1-2;1-2-3/h3-5,8-13,16,18,20,28H,1-2,6-7,14-15,17,19H2,(H2,29,30,31,32);1-2H3;2-3H,1H3. The summed E-state index contributed by atoms with van der Waals surface area (Å²) in [5, 5.41) is 15.1. The molecule has 39 heavy (non-hydrogen) atoms. The molecule has 9 heteroatoms. The number of benzene rings is 2. The molecule has 0 aliphatic rings. The average molecular weight is 535 g/mol. The van der Waals surface area contributed by atoms with E-state index in [1.165, 1.54) is 12.6 Å². The fraction of sp³-hybridized carbons (Fsp3) is 0.367. The number of unbranched alkanes of at least 4 members (excludes halogenated alkanes) is 3. The van der Waals surface area contributed by atoms with Gasteiger partial charge < -0.3 is 30.4 Å². The molecule has 0 saturated heterocycles. The highest BCUT2D eigenvalue weighted by Crippen LogP contribution is 2.28. The van der Waals surface area contributed by atoms with Crippen LogP contribution in [0.5, 0.6) is 5.75 Å². The maximum Gasteiger partial charge on any atom is 0.143 e. The molecule has 210 valence electrons. The lowest BCUT2D eigenvalue weighted by molar-refractivity contribution is -0.107. The third-order valence-electron chi connectivity index (χ3n) is 5.62. The first-order chi connectivity index (χ1) is 19.2. The molecule has 0 unspecified atom stereocenters. The Hall–Kier alpha value is -3.79. The summed E-state index contributed by atoms with van der Waals surface area (Å²) in [6.07, 6.45) is 6.37. The van der Waals surface area contributed by atoms with Gasteiger partial charge in [-0.05, 0) is 60.8 Å². The molecule has 2 aromatic carbocycles. The lowest BCUT2D eigenvalue weighted by atomic mass is 10.1. The Morgan fingerprint density at radius 1 is 0.974 bits per heavy atom. The third kappa shape index (κ3) is 11.2. The minimum atomic E-state index is 0.617. The van der Waals surface area contributed by atoms with Crippen molar-refractivity contribution in [2.75, 3.05) is 32.1 Å². The van der Waals surface area contributed by atoms with E-state index in [0.717, 1.165) is 72.5 Å². The highest BCUT2D eigenvalue weighted by Gasteiger charge is 2.09. The van der Waals surface area contributed by atoms with Crippen molar-refractivity contribution < 1.29 is 14.7 Å². The number of fused-ring (bicyclic) bond motifs is 1. The maximum atomic E-state index is 10.3. The minimum Gasteiger partial charge on any atom is -0.492 e. The first-order valence-corrected chi connectivity index (χ1v) is 13.5. The Morgan fingerprint density at radius 3 is 2.44 bits per heavy atom. The van der Waals surface area contributed by atoms with Crippen LogP contribution in [0.25, 0.3) is 22.3 Å². The molecule has 0 aliphatic carbocycles. The molecule has 2 aromatic heterocycles. The summed E-state index contributed by atoms with van der Waals surface area (Å²) >= 11 is 0. The summed E-state index contributed by atoms with van der Waals surface area (Å²) in [5.41, 5.74) is 5.80. The number of aldehydes is 1. The number of hydroxylamine groups is 1. The summed E-state index contributed by atoms with van der Waals surface area (Å²) in [5.74, 6) is 1.66. The van der Waals surface area contributed by atoms with E-state index in [1.54, 1.807) is 11.8 Å². The van der Waals surface area contributed by atoms with Gasteiger partial charge in [-0.1, -0.05) is 50.6 Å². The molecule has 0 amide bonds. The molecule has 9 nitrogen and oxygen atoms in total. The number of H-pyrrole nitrogens is 1. The number of anilines is 1. The molecule has 0 fully saturated rings. The minimum absolute atomic E-state index is 0.617. The Kier molecular flexibility index (Phi) is 15.6. The number of ether oxygens (including phenoxy) is 1. The van der Waals surface area contributed by atoms with Gasteiger partial charge in [-0.2, -0.15) is 0 Å². The molecular formula is C30H42N6O3. The molecule has 0 saturated carbocycles. The van der Waals surface area contributed by atoms with Gasteiger partial charge in [-0.15, -0.1) is 0 Å². The van der Waals surface area contributed by atoms with Gasteiger partial charge in [0.25, 0.3) is 0 Å². The van der Waals surface area contributed by atoms with Crippen LogP contribution in [-0.2, 0) is 11.3 Å². The Balaban J connectivity index is 0.000000998. The SMILES string of the molecule is CC.CNO.O=CCCCCCNCCOc1ccc(-c2cc3c(NCc4ccccc4)ncnc3[nH]2)cc1. The Morgan fingerprint density at radius 2 is 1.72 bits per heavy atom. The van der Waals surface area contributed by atoms with Crippen LogP contribution in [0.4, 0.5) is 5.82 Å². The van der Waals surface area contributed by atoms with Gasteiger partial charge >= 0.3 is 0 Å². The first kappa shape index (κ1) is 31.4. The number of nitrogens with zero attached hydrogens (tertiary/aromatic N) is 2. The van der Waals surface area contributed by atoms with Crippen LogP contribution in [0.15, 0.2) is 67.0 Å². The second-order valence-electron chi connectivity index (χ2n) is 8.37. The molecule has 4 rings (SSSR count). The quantitative estimate of drug-likeness (QED) is 0.0806. The van der Waals surface area contributed by atoms with E-state index in [1.807, 2.05) is 56.3 Å². The van der Waals surface area contributed by atoms with Crippen molar-refractivity contribution in [1.29, 1.82) is 0 Å². The number of aromatic amines is 1. The van der Waals surface area contributed by atoms with E-state index in [9.17, 15) is 4.79 Å². The van der Waals surface area contributed by atoms with E-state index in [-0.39, 0.29) is 0 Å². The summed E-state index contributed by atoms with van der Waals surface area (Å²) in [7, 11) is 1.43. The van der Waals surface area contributed by atoms with Crippen molar-refractivity contribution in [2.45, 2.75) is 46.1 Å². The largest absolute Gasteiger partial charge is 0.492 e. The molecule has 0 spiro atoms. The van der Waals surface area contributed by atoms with Crippen molar-refractivity contribution in [3.05, 3.63) is 72.6 Å². The van der Waals surface area contributed by atoms with Crippen molar-refractivity contribution in [1.82, 2.24) is 25.7 Å². The number of aromatic nitrogens is 3. The van der Waals surface area contributed by atoms with E-state index in [2.05, 4.69) is 43.8 Å². The predicted octanol–water partition coefficient (Wildman–Crippen LogP) is 5.59. The smallest absolute Gasteiger partial charge is 0.143 e. The number of carbonyl (C=O) groups excluding carboxylic acids is 1. The highest BCUT2D eigenvalue weighted by atomic mass is 16.5. The van der Waals surface area contributed by atoms with E-state index >= 15 is 0 Å². The van der Waals surface area contributed by atoms with Gasteiger partial charge in [0.15, 0.2) is 0 Å². The molecule has 4 aromatic rings. The van der Waals surface area contributed by atoms with Gasteiger partial charge in [0, 0.05) is 32.3 Å². The number of hydrogen-bond donors (Lipinski definition) is 5. The Labute approximate surface area is 231 Å². The molecule has 0 radical (unpaired) electrons. The lowest BCUT2D eigenvalue weighted by Crippen LogP contribution is -2.22. The number of hydrogen-bond acceptors (Lipinski definition) is 8. The average Bonchev–Trinajstić information content (AvgIpc) is 3.43. The molecule has 2 heterocycles. The fourth-order valence-corrected chi connectivity index (χ4v) is 3.77. The summed E-state index contributed by atoms with van der Waals surface area (Å²) in [4.78, 5) is 22.5.